The molecule has 1 saturated carbocycles. The van der Waals surface area contributed by atoms with E-state index in [0.717, 1.165) is 0 Å². The number of hydrogen-bond acceptors (Lipinski definition) is 0. The van der Waals surface area contributed by atoms with Crippen LogP contribution in [0.3, 0.4) is 0 Å². The van der Waals surface area contributed by atoms with Crippen LogP contribution < -0.4 is 24.0 Å². The first-order valence-electron chi connectivity index (χ1n) is 2.82. The molecule has 0 radical (unpaired) electrons. The van der Waals surface area contributed by atoms with Gasteiger partial charge in [0.2, 0.25) is 0 Å². The second-order valence-electron chi connectivity index (χ2n) is 1.93. The number of halogens is 1. The van der Waals surface area contributed by atoms with Crippen molar-refractivity contribution in [3.05, 3.63) is 6.42 Å². The summed E-state index contributed by atoms with van der Waals surface area (Å²) < 4.78 is 0. The van der Waals surface area contributed by atoms with Crippen molar-refractivity contribution in [2.45, 2.75) is 32.1 Å². The van der Waals surface area contributed by atoms with Crippen molar-refractivity contribution < 1.29 is 43.5 Å². The molecule has 0 aliphatic heterocycles. The maximum absolute atomic E-state index is 2.39. The fourth-order valence-corrected chi connectivity index (χ4v) is 0.898. The summed E-state index contributed by atoms with van der Waals surface area (Å²) in [5.74, 6) is 0. The molecule has 0 bridgehead atoms. The topological polar surface area (TPSA) is 0 Å². The molecule has 0 nitrogen and oxygen atoms in total. The van der Waals surface area contributed by atoms with Crippen molar-refractivity contribution in [2.24, 2.45) is 0 Å². The second-order valence-corrected chi connectivity index (χ2v) is 1.93. The third kappa shape index (κ3) is 5.49. The van der Waals surface area contributed by atoms with Crippen LogP contribution in [-0.4, -0.2) is 0 Å². The molecule has 0 heterocycles. The molecule has 1 aliphatic rings. The molecule has 0 saturated heterocycles. The monoisotopic (exact) mass is 274 g/mol. The quantitative estimate of drug-likeness (QED) is 0.307. The van der Waals surface area contributed by atoms with E-state index >= 15 is 0 Å². The van der Waals surface area contributed by atoms with Crippen LogP contribution in [0.1, 0.15) is 32.1 Å². The van der Waals surface area contributed by atoms with Gasteiger partial charge in [-0.3, -0.25) is 0 Å². The zero-order valence-electron chi connectivity index (χ0n) is 5.20. The fraction of sp³-hybridized carbons (Fsp3) is 0.833. The Hall–Kier alpha value is 1.35. The molecular formula is C6H11IZn. The van der Waals surface area contributed by atoms with E-state index in [1.807, 2.05) is 0 Å². The van der Waals surface area contributed by atoms with Crippen LogP contribution in [0, 0.1) is 6.42 Å². The minimum atomic E-state index is 0. The Bertz CT molecular complexity index is 24.0. The average molecular weight is 275 g/mol. The molecule has 0 aromatic rings. The van der Waals surface area contributed by atoms with Crippen LogP contribution in [0.4, 0.5) is 0 Å². The van der Waals surface area contributed by atoms with Crippen LogP contribution in [0.5, 0.6) is 0 Å². The standard InChI is InChI=1S/C6H11.HI.Zn/c1-2-4-6-5-3-1;;/h1H,2-6H2;1H;/q-1;;+2/p-1. The van der Waals surface area contributed by atoms with Gasteiger partial charge in [0.05, 0.1) is 0 Å². The van der Waals surface area contributed by atoms with E-state index in [9.17, 15) is 0 Å². The summed E-state index contributed by atoms with van der Waals surface area (Å²) >= 11 is 0. The van der Waals surface area contributed by atoms with Gasteiger partial charge in [0.1, 0.15) is 0 Å². The van der Waals surface area contributed by atoms with E-state index in [2.05, 4.69) is 6.42 Å². The van der Waals surface area contributed by atoms with Crippen LogP contribution in [-0.2, 0) is 19.5 Å². The average Bonchev–Trinajstić information content (AvgIpc) is 1.72. The van der Waals surface area contributed by atoms with Gasteiger partial charge in [0.15, 0.2) is 0 Å². The van der Waals surface area contributed by atoms with Gasteiger partial charge in [0.25, 0.3) is 0 Å². The maximum atomic E-state index is 2.39. The minimum absolute atomic E-state index is 0. The number of rotatable bonds is 0. The SMILES string of the molecule is [CH-]1CCCCC1.[I-].[Zn+2]. The first-order chi connectivity index (χ1) is 3.00. The molecule has 44 valence electrons. The summed E-state index contributed by atoms with van der Waals surface area (Å²) in [4.78, 5) is 0. The predicted molar refractivity (Wildman–Crippen MR) is 27.4 cm³/mol. The third-order valence-electron chi connectivity index (χ3n) is 1.32. The first-order valence-corrected chi connectivity index (χ1v) is 2.82. The summed E-state index contributed by atoms with van der Waals surface area (Å²) in [6.07, 6.45) is 9.50. The van der Waals surface area contributed by atoms with Crippen LogP contribution >= 0.6 is 0 Å². The summed E-state index contributed by atoms with van der Waals surface area (Å²) in [6, 6.07) is 0. The molecule has 0 aromatic heterocycles. The molecule has 8 heavy (non-hydrogen) atoms. The van der Waals surface area contributed by atoms with Gasteiger partial charge in [-0.25, -0.2) is 0 Å². The van der Waals surface area contributed by atoms with Gasteiger partial charge in [-0.05, 0) is 0 Å². The van der Waals surface area contributed by atoms with Gasteiger partial charge in [0, 0.05) is 0 Å². The van der Waals surface area contributed by atoms with Crippen molar-refractivity contribution in [2.75, 3.05) is 0 Å². The van der Waals surface area contributed by atoms with Crippen molar-refractivity contribution in [3.63, 3.8) is 0 Å². The Balaban J connectivity index is 0. The largest absolute Gasteiger partial charge is 2.00 e. The van der Waals surface area contributed by atoms with Crippen molar-refractivity contribution in [3.8, 4) is 0 Å². The van der Waals surface area contributed by atoms with Crippen molar-refractivity contribution >= 4 is 0 Å². The van der Waals surface area contributed by atoms with Crippen molar-refractivity contribution in [1.29, 1.82) is 0 Å². The van der Waals surface area contributed by atoms with Gasteiger partial charge >= 0.3 is 19.5 Å². The maximum Gasteiger partial charge on any atom is 2.00 e. The molecule has 0 spiro atoms. The summed E-state index contributed by atoms with van der Waals surface area (Å²) in [6.45, 7) is 0. The Labute approximate surface area is 81.6 Å². The van der Waals surface area contributed by atoms with Gasteiger partial charge in [-0.2, -0.15) is 12.8 Å². The smallest absolute Gasteiger partial charge is 1.00 e. The zero-order chi connectivity index (χ0) is 4.24. The molecule has 1 rings (SSSR count). The third-order valence-corrected chi connectivity index (χ3v) is 1.32. The van der Waals surface area contributed by atoms with E-state index in [-0.39, 0.29) is 43.5 Å². The van der Waals surface area contributed by atoms with Crippen LogP contribution in [0.15, 0.2) is 0 Å². The molecule has 0 amide bonds. The predicted octanol–water partition coefficient (Wildman–Crippen LogP) is -0.844. The Morgan fingerprint density at radius 1 is 0.875 bits per heavy atom. The van der Waals surface area contributed by atoms with Crippen LogP contribution in [0.25, 0.3) is 0 Å². The first kappa shape index (κ1) is 12.1. The van der Waals surface area contributed by atoms with E-state index in [4.69, 9.17) is 0 Å². The molecule has 0 atom stereocenters. The normalized spacial score (nSPS) is 18.0. The Kier molecular flexibility index (Phi) is 12.6. The van der Waals surface area contributed by atoms with Crippen molar-refractivity contribution in [1.82, 2.24) is 0 Å². The van der Waals surface area contributed by atoms with E-state index < -0.39 is 0 Å². The van der Waals surface area contributed by atoms with Gasteiger partial charge in [-0.15, -0.1) is 0 Å². The zero-order valence-corrected chi connectivity index (χ0v) is 10.3. The Morgan fingerprint density at radius 2 is 1.38 bits per heavy atom. The van der Waals surface area contributed by atoms with Crippen LogP contribution in [0.2, 0.25) is 0 Å². The summed E-state index contributed by atoms with van der Waals surface area (Å²) in [7, 11) is 0. The molecule has 0 unspecified atom stereocenters. The molecule has 0 aromatic carbocycles. The molecular weight excluding hydrogens is 264 g/mol. The summed E-state index contributed by atoms with van der Waals surface area (Å²) in [5, 5.41) is 0. The van der Waals surface area contributed by atoms with E-state index in [1.165, 1.54) is 32.1 Å². The van der Waals surface area contributed by atoms with Gasteiger partial charge in [-0.1, -0.05) is 19.3 Å². The Morgan fingerprint density at radius 3 is 1.50 bits per heavy atom. The fourth-order valence-electron chi connectivity index (χ4n) is 0.898. The second kappa shape index (κ2) is 8.35. The van der Waals surface area contributed by atoms with E-state index in [1.54, 1.807) is 0 Å². The summed E-state index contributed by atoms with van der Waals surface area (Å²) in [5.41, 5.74) is 0. The molecule has 1 aliphatic carbocycles. The van der Waals surface area contributed by atoms with E-state index in [0.29, 0.717) is 0 Å². The molecule has 2 heteroatoms. The van der Waals surface area contributed by atoms with Gasteiger partial charge < -0.3 is 30.4 Å². The molecule has 1 fully saturated rings. The number of hydrogen-bond donors (Lipinski definition) is 0. The minimum Gasteiger partial charge on any atom is -1.00 e. The molecule has 0 N–H and O–H groups in total.